The Morgan fingerprint density at radius 1 is 1.32 bits per heavy atom. The Morgan fingerprint density at radius 2 is 2.00 bits per heavy atom. The van der Waals surface area contributed by atoms with Crippen molar-refractivity contribution in [3.8, 4) is 5.75 Å². The molecule has 1 aromatic carbocycles. The molecule has 0 aromatic heterocycles. The summed E-state index contributed by atoms with van der Waals surface area (Å²) in [5.74, 6) is -0.344. The van der Waals surface area contributed by atoms with Gasteiger partial charge in [0, 0.05) is 18.7 Å². The van der Waals surface area contributed by atoms with E-state index in [0.717, 1.165) is 5.57 Å². The van der Waals surface area contributed by atoms with Gasteiger partial charge in [-0.3, -0.25) is 4.79 Å². The van der Waals surface area contributed by atoms with E-state index in [1.165, 1.54) is 14.0 Å². The number of benzene rings is 1. The second-order valence-corrected chi connectivity index (χ2v) is 4.13. The van der Waals surface area contributed by atoms with Gasteiger partial charge >= 0.3 is 5.97 Å². The normalized spacial score (nSPS) is 9.63. The van der Waals surface area contributed by atoms with Crippen molar-refractivity contribution < 1.29 is 19.1 Å². The number of esters is 1. The molecule has 0 saturated heterocycles. The van der Waals surface area contributed by atoms with Crippen LogP contribution in [0.3, 0.4) is 0 Å². The Balaban J connectivity index is 3.06. The third kappa shape index (κ3) is 4.46. The first-order chi connectivity index (χ1) is 8.93. The topological polar surface area (TPSA) is 64.6 Å². The number of methoxy groups -OCH3 is 1. The zero-order valence-electron chi connectivity index (χ0n) is 11.3. The van der Waals surface area contributed by atoms with E-state index in [1.807, 2.05) is 6.92 Å². The molecule has 1 N–H and O–H groups in total. The van der Waals surface area contributed by atoms with Gasteiger partial charge in [-0.05, 0) is 24.6 Å². The molecule has 102 valence electrons. The SMILES string of the molecule is C=C(C)COc1cc(NC(C)=O)ccc1C(=O)OC. The van der Waals surface area contributed by atoms with E-state index in [9.17, 15) is 9.59 Å². The molecule has 0 aliphatic heterocycles. The van der Waals surface area contributed by atoms with Gasteiger partial charge < -0.3 is 14.8 Å². The summed E-state index contributed by atoms with van der Waals surface area (Å²) >= 11 is 0. The number of rotatable bonds is 5. The Morgan fingerprint density at radius 3 is 2.53 bits per heavy atom. The fraction of sp³-hybridized carbons (Fsp3) is 0.286. The molecular formula is C14H17NO4. The second kappa shape index (κ2) is 6.58. The summed E-state index contributed by atoms with van der Waals surface area (Å²) in [5, 5.41) is 2.62. The van der Waals surface area contributed by atoms with Crippen LogP contribution in [-0.2, 0) is 9.53 Å². The number of amides is 1. The van der Waals surface area contributed by atoms with E-state index in [0.29, 0.717) is 17.0 Å². The molecule has 0 fully saturated rings. The summed E-state index contributed by atoms with van der Waals surface area (Å²) < 4.78 is 10.2. The highest BCUT2D eigenvalue weighted by molar-refractivity contribution is 5.94. The van der Waals surface area contributed by atoms with Gasteiger partial charge in [0.25, 0.3) is 0 Å². The number of carbonyl (C=O) groups is 2. The van der Waals surface area contributed by atoms with Crippen molar-refractivity contribution in [1.82, 2.24) is 0 Å². The lowest BCUT2D eigenvalue weighted by Crippen LogP contribution is -2.10. The van der Waals surface area contributed by atoms with Gasteiger partial charge in [0.05, 0.1) is 7.11 Å². The van der Waals surface area contributed by atoms with Crippen LogP contribution in [0.2, 0.25) is 0 Å². The minimum absolute atomic E-state index is 0.198. The van der Waals surface area contributed by atoms with Crippen molar-refractivity contribution in [2.75, 3.05) is 19.0 Å². The third-order valence-corrected chi connectivity index (χ3v) is 2.18. The molecule has 5 nitrogen and oxygen atoms in total. The summed E-state index contributed by atoms with van der Waals surface area (Å²) in [6.45, 7) is 7.23. The Bertz CT molecular complexity index is 508. The van der Waals surface area contributed by atoms with E-state index in [-0.39, 0.29) is 12.5 Å². The van der Waals surface area contributed by atoms with Gasteiger partial charge in [0.15, 0.2) is 0 Å². The largest absolute Gasteiger partial charge is 0.488 e. The van der Waals surface area contributed by atoms with Crippen LogP contribution < -0.4 is 10.1 Å². The molecule has 0 bridgehead atoms. The number of nitrogens with one attached hydrogen (secondary N) is 1. The second-order valence-electron chi connectivity index (χ2n) is 4.13. The van der Waals surface area contributed by atoms with Gasteiger partial charge in [-0.1, -0.05) is 6.58 Å². The summed E-state index contributed by atoms with van der Waals surface area (Å²) in [6.07, 6.45) is 0. The maximum atomic E-state index is 11.6. The van der Waals surface area contributed by atoms with Crippen LogP contribution in [0.1, 0.15) is 24.2 Å². The first-order valence-corrected chi connectivity index (χ1v) is 5.71. The van der Waals surface area contributed by atoms with Crippen LogP contribution in [-0.4, -0.2) is 25.6 Å². The number of hydrogen-bond acceptors (Lipinski definition) is 4. The lowest BCUT2D eigenvalue weighted by molar-refractivity contribution is -0.114. The average Bonchev–Trinajstić information content (AvgIpc) is 2.35. The van der Waals surface area contributed by atoms with Crippen LogP contribution in [0.5, 0.6) is 5.75 Å². The van der Waals surface area contributed by atoms with Gasteiger partial charge in [-0.15, -0.1) is 0 Å². The summed E-state index contributed by atoms with van der Waals surface area (Å²) in [7, 11) is 1.30. The number of ether oxygens (including phenoxy) is 2. The summed E-state index contributed by atoms with van der Waals surface area (Å²) in [6, 6.07) is 4.74. The van der Waals surface area contributed by atoms with Crippen molar-refractivity contribution in [1.29, 1.82) is 0 Å². The van der Waals surface area contributed by atoms with Gasteiger partial charge in [-0.25, -0.2) is 4.79 Å². The number of hydrogen-bond donors (Lipinski definition) is 1. The highest BCUT2D eigenvalue weighted by Gasteiger charge is 2.14. The molecular weight excluding hydrogens is 246 g/mol. The van der Waals surface area contributed by atoms with Crippen molar-refractivity contribution in [3.63, 3.8) is 0 Å². The van der Waals surface area contributed by atoms with Crippen LogP contribution in [0.4, 0.5) is 5.69 Å². The van der Waals surface area contributed by atoms with Crippen molar-refractivity contribution in [2.45, 2.75) is 13.8 Å². The predicted octanol–water partition coefficient (Wildman–Crippen LogP) is 2.39. The van der Waals surface area contributed by atoms with Crippen LogP contribution in [0.25, 0.3) is 0 Å². The molecule has 1 amide bonds. The fourth-order valence-corrected chi connectivity index (χ4v) is 1.40. The van der Waals surface area contributed by atoms with E-state index in [1.54, 1.807) is 18.2 Å². The van der Waals surface area contributed by atoms with E-state index >= 15 is 0 Å². The minimum Gasteiger partial charge on any atom is -0.488 e. The van der Waals surface area contributed by atoms with Gasteiger partial charge in [0.2, 0.25) is 5.91 Å². The van der Waals surface area contributed by atoms with Crippen LogP contribution in [0, 0.1) is 0 Å². The standard InChI is InChI=1S/C14H17NO4/c1-9(2)8-19-13-7-11(15-10(3)16)5-6-12(13)14(17)18-4/h5-7H,1,8H2,2-4H3,(H,15,16). The molecule has 0 radical (unpaired) electrons. The van der Waals surface area contributed by atoms with Crippen LogP contribution in [0.15, 0.2) is 30.4 Å². The zero-order chi connectivity index (χ0) is 14.4. The van der Waals surface area contributed by atoms with E-state index < -0.39 is 5.97 Å². The van der Waals surface area contributed by atoms with E-state index in [4.69, 9.17) is 4.74 Å². The van der Waals surface area contributed by atoms with Gasteiger partial charge in [-0.2, -0.15) is 0 Å². The molecule has 0 unspecified atom stereocenters. The molecule has 0 spiro atoms. The first-order valence-electron chi connectivity index (χ1n) is 5.71. The quantitative estimate of drug-likeness (QED) is 0.654. The van der Waals surface area contributed by atoms with Crippen molar-refractivity contribution in [2.24, 2.45) is 0 Å². The maximum absolute atomic E-state index is 11.6. The molecule has 0 heterocycles. The molecule has 0 aliphatic carbocycles. The average molecular weight is 263 g/mol. The molecule has 5 heteroatoms. The highest BCUT2D eigenvalue weighted by Crippen LogP contribution is 2.24. The summed E-state index contributed by atoms with van der Waals surface area (Å²) in [4.78, 5) is 22.6. The molecule has 1 rings (SSSR count). The summed E-state index contributed by atoms with van der Waals surface area (Å²) in [5.41, 5.74) is 1.68. The lowest BCUT2D eigenvalue weighted by Gasteiger charge is -2.12. The van der Waals surface area contributed by atoms with Crippen LogP contribution >= 0.6 is 0 Å². The monoisotopic (exact) mass is 263 g/mol. The third-order valence-electron chi connectivity index (χ3n) is 2.18. The van der Waals surface area contributed by atoms with E-state index in [2.05, 4.69) is 16.6 Å². The number of carbonyl (C=O) groups excluding carboxylic acids is 2. The minimum atomic E-state index is -0.494. The first kappa shape index (κ1) is 14.8. The fourth-order valence-electron chi connectivity index (χ4n) is 1.40. The molecule has 0 saturated carbocycles. The lowest BCUT2D eigenvalue weighted by atomic mass is 10.1. The molecule has 0 atom stereocenters. The van der Waals surface area contributed by atoms with Crippen molar-refractivity contribution >= 4 is 17.6 Å². The molecule has 0 aliphatic rings. The number of anilines is 1. The molecule has 1 aromatic rings. The zero-order valence-corrected chi connectivity index (χ0v) is 11.3. The highest BCUT2D eigenvalue weighted by atomic mass is 16.5. The Hall–Kier alpha value is -2.30. The smallest absolute Gasteiger partial charge is 0.341 e. The predicted molar refractivity (Wildman–Crippen MR) is 72.4 cm³/mol. The Labute approximate surface area is 112 Å². The Kier molecular flexibility index (Phi) is 5.11. The van der Waals surface area contributed by atoms with Gasteiger partial charge in [0.1, 0.15) is 17.9 Å². The maximum Gasteiger partial charge on any atom is 0.341 e. The van der Waals surface area contributed by atoms with Crippen molar-refractivity contribution in [3.05, 3.63) is 35.9 Å². The molecule has 19 heavy (non-hydrogen) atoms.